The highest BCUT2D eigenvalue weighted by molar-refractivity contribution is 7.09. The third-order valence-corrected chi connectivity index (χ3v) is 2.61. The van der Waals surface area contributed by atoms with Crippen LogP contribution < -0.4 is 5.32 Å². The van der Waals surface area contributed by atoms with Crippen molar-refractivity contribution in [3.8, 4) is 0 Å². The minimum atomic E-state index is 0.795. The number of nitrogens with zero attached hydrogens (tertiary/aromatic N) is 3. The maximum absolute atomic E-state index is 3.81. The molecule has 5 heteroatoms. The summed E-state index contributed by atoms with van der Waals surface area (Å²) in [6, 6.07) is 10.5. The molecule has 1 heterocycles. The number of anilines is 1. The number of rotatable bonds is 5. The number of hydrogen-bond acceptors (Lipinski definition) is 5. The van der Waals surface area contributed by atoms with Gasteiger partial charge < -0.3 is 5.32 Å². The Labute approximate surface area is 92.5 Å². The van der Waals surface area contributed by atoms with Crippen LogP contribution in [-0.4, -0.2) is 21.3 Å². The molecule has 0 aliphatic carbocycles. The first-order chi connectivity index (χ1) is 7.45. The minimum absolute atomic E-state index is 0.795. The highest BCUT2D eigenvalue weighted by Gasteiger charge is 1.96. The van der Waals surface area contributed by atoms with Crippen LogP contribution >= 0.6 is 11.5 Å². The van der Waals surface area contributed by atoms with E-state index in [1.807, 2.05) is 6.07 Å². The molecule has 0 fully saturated rings. The lowest BCUT2D eigenvalue weighted by atomic mass is 10.1. The van der Waals surface area contributed by atoms with E-state index in [-0.39, 0.29) is 0 Å². The summed E-state index contributed by atoms with van der Waals surface area (Å²) in [5, 5.41) is 11.3. The van der Waals surface area contributed by atoms with Crippen LogP contribution in [0.1, 0.15) is 12.0 Å². The van der Waals surface area contributed by atoms with Crippen molar-refractivity contribution < 1.29 is 0 Å². The van der Waals surface area contributed by atoms with Crippen LogP contribution in [0, 0.1) is 0 Å². The van der Waals surface area contributed by atoms with E-state index in [9.17, 15) is 0 Å². The molecule has 0 atom stereocenters. The maximum Gasteiger partial charge on any atom is 0.225 e. The first kappa shape index (κ1) is 10.0. The fraction of sp³-hybridized carbons (Fsp3) is 0.300. The molecule has 2 aromatic rings. The number of aryl methyl sites for hydroxylation is 1. The normalized spacial score (nSPS) is 10.1. The van der Waals surface area contributed by atoms with Gasteiger partial charge in [0.2, 0.25) is 5.13 Å². The van der Waals surface area contributed by atoms with E-state index in [4.69, 9.17) is 0 Å². The van der Waals surface area contributed by atoms with Crippen molar-refractivity contribution in [1.82, 2.24) is 14.8 Å². The summed E-state index contributed by atoms with van der Waals surface area (Å²) in [6.07, 6.45) is 2.17. The summed E-state index contributed by atoms with van der Waals surface area (Å²) in [7, 11) is 0. The highest BCUT2D eigenvalue weighted by Crippen LogP contribution is 2.06. The fourth-order valence-corrected chi connectivity index (χ4v) is 1.72. The quantitative estimate of drug-likeness (QED) is 0.783. The van der Waals surface area contributed by atoms with Crippen LogP contribution in [0.4, 0.5) is 5.13 Å². The molecule has 1 N–H and O–H groups in total. The molecule has 1 aromatic heterocycles. The molecule has 0 bridgehead atoms. The van der Waals surface area contributed by atoms with Crippen LogP contribution in [0.5, 0.6) is 0 Å². The van der Waals surface area contributed by atoms with Crippen molar-refractivity contribution >= 4 is 16.7 Å². The van der Waals surface area contributed by atoms with Gasteiger partial charge in [-0.15, -0.1) is 0 Å². The van der Waals surface area contributed by atoms with E-state index in [1.54, 1.807) is 0 Å². The zero-order valence-corrected chi connectivity index (χ0v) is 9.07. The Hall–Kier alpha value is -1.49. The lowest BCUT2D eigenvalue weighted by molar-refractivity contribution is 0.855. The van der Waals surface area contributed by atoms with Gasteiger partial charge in [-0.2, -0.15) is 0 Å². The first-order valence-corrected chi connectivity index (χ1v) is 5.65. The number of hydrogen-bond donors (Lipinski definition) is 1. The molecule has 0 aliphatic rings. The topological polar surface area (TPSA) is 50.7 Å². The molecule has 0 spiro atoms. The molecule has 0 unspecified atom stereocenters. The minimum Gasteiger partial charge on any atom is -0.359 e. The van der Waals surface area contributed by atoms with Crippen LogP contribution in [0.15, 0.2) is 30.3 Å². The van der Waals surface area contributed by atoms with Gasteiger partial charge >= 0.3 is 0 Å². The van der Waals surface area contributed by atoms with Gasteiger partial charge in [-0.05, 0) is 23.6 Å². The average molecular weight is 220 g/mol. The van der Waals surface area contributed by atoms with E-state index >= 15 is 0 Å². The predicted molar refractivity (Wildman–Crippen MR) is 61.0 cm³/mol. The van der Waals surface area contributed by atoms with Crippen LogP contribution in [0.25, 0.3) is 0 Å². The van der Waals surface area contributed by atoms with Crippen molar-refractivity contribution in [3.63, 3.8) is 0 Å². The molecule has 2 rings (SSSR count). The second-order valence-electron chi connectivity index (χ2n) is 3.18. The van der Waals surface area contributed by atoms with E-state index in [0.717, 1.165) is 24.5 Å². The maximum atomic E-state index is 3.81. The van der Waals surface area contributed by atoms with Gasteiger partial charge in [0, 0.05) is 18.1 Å². The highest BCUT2D eigenvalue weighted by atomic mass is 32.1. The molecule has 78 valence electrons. The smallest absolute Gasteiger partial charge is 0.225 e. The Bertz CT molecular complexity index is 374. The molecule has 0 saturated carbocycles. The Morgan fingerprint density at radius 3 is 2.80 bits per heavy atom. The fourth-order valence-electron chi connectivity index (χ4n) is 1.33. The molecule has 4 nitrogen and oxygen atoms in total. The van der Waals surface area contributed by atoms with Crippen molar-refractivity contribution in [2.45, 2.75) is 12.8 Å². The third kappa shape index (κ3) is 3.28. The Balaban J connectivity index is 1.68. The number of benzene rings is 1. The number of nitrogens with one attached hydrogen (secondary N) is 1. The SMILES string of the molecule is c1ccc(CCCNc2nnns2)cc1. The summed E-state index contributed by atoms with van der Waals surface area (Å²) in [5.74, 6) is 0. The average Bonchev–Trinajstić information content (AvgIpc) is 2.79. The lowest BCUT2D eigenvalue weighted by Crippen LogP contribution is -2.02. The van der Waals surface area contributed by atoms with Gasteiger partial charge in [0.15, 0.2) is 0 Å². The molecule has 15 heavy (non-hydrogen) atoms. The largest absolute Gasteiger partial charge is 0.359 e. The van der Waals surface area contributed by atoms with Gasteiger partial charge in [0.05, 0.1) is 0 Å². The Morgan fingerprint density at radius 2 is 2.07 bits per heavy atom. The first-order valence-electron chi connectivity index (χ1n) is 4.88. The molecular weight excluding hydrogens is 208 g/mol. The number of aromatic nitrogens is 3. The second kappa shape index (κ2) is 5.41. The van der Waals surface area contributed by atoms with Crippen molar-refractivity contribution in [1.29, 1.82) is 0 Å². The summed E-state index contributed by atoms with van der Waals surface area (Å²) in [6.45, 7) is 0.908. The van der Waals surface area contributed by atoms with Gasteiger partial charge in [-0.1, -0.05) is 39.9 Å². The molecule has 0 aliphatic heterocycles. The summed E-state index contributed by atoms with van der Waals surface area (Å²) in [5.41, 5.74) is 1.37. The van der Waals surface area contributed by atoms with Crippen molar-refractivity contribution in [3.05, 3.63) is 35.9 Å². The van der Waals surface area contributed by atoms with E-state index in [0.29, 0.717) is 0 Å². The molecule has 0 amide bonds. The van der Waals surface area contributed by atoms with E-state index in [1.165, 1.54) is 17.1 Å². The van der Waals surface area contributed by atoms with Crippen LogP contribution in [0.3, 0.4) is 0 Å². The molecule has 0 radical (unpaired) electrons. The van der Waals surface area contributed by atoms with E-state index in [2.05, 4.69) is 44.4 Å². The molecule has 1 aromatic carbocycles. The summed E-state index contributed by atoms with van der Waals surface area (Å²) >= 11 is 1.29. The third-order valence-electron chi connectivity index (χ3n) is 2.06. The predicted octanol–water partition coefficient (Wildman–Crippen LogP) is 1.98. The van der Waals surface area contributed by atoms with Crippen molar-refractivity contribution in [2.24, 2.45) is 0 Å². The second-order valence-corrected chi connectivity index (χ2v) is 3.92. The Morgan fingerprint density at radius 1 is 1.20 bits per heavy atom. The van der Waals surface area contributed by atoms with Crippen LogP contribution in [0.2, 0.25) is 0 Å². The van der Waals surface area contributed by atoms with E-state index < -0.39 is 0 Å². The lowest BCUT2D eigenvalue weighted by Gasteiger charge is -2.01. The summed E-state index contributed by atoms with van der Waals surface area (Å²) in [4.78, 5) is 0. The summed E-state index contributed by atoms with van der Waals surface area (Å²) < 4.78 is 3.68. The van der Waals surface area contributed by atoms with Gasteiger partial charge in [-0.3, -0.25) is 0 Å². The zero-order chi connectivity index (χ0) is 10.3. The van der Waals surface area contributed by atoms with Gasteiger partial charge in [0.25, 0.3) is 0 Å². The molecular formula is C10H12N4S. The van der Waals surface area contributed by atoms with Gasteiger partial charge in [0.1, 0.15) is 0 Å². The monoisotopic (exact) mass is 220 g/mol. The standard InChI is InChI=1S/C10H12N4S/c1-2-5-9(6-3-1)7-4-8-11-10-12-13-14-15-10/h1-3,5-6H,4,7-8H2,(H,11,12,14). The zero-order valence-electron chi connectivity index (χ0n) is 8.26. The Kier molecular flexibility index (Phi) is 3.62. The van der Waals surface area contributed by atoms with Crippen LogP contribution in [-0.2, 0) is 6.42 Å². The van der Waals surface area contributed by atoms with Gasteiger partial charge in [-0.25, -0.2) is 0 Å². The van der Waals surface area contributed by atoms with Crippen molar-refractivity contribution in [2.75, 3.05) is 11.9 Å². The molecule has 0 saturated heterocycles.